The zero-order valence-corrected chi connectivity index (χ0v) is 15.4. The third-order valence-electron chi connectivity index (χ3n) is 3.75. The number of aryl methyl sites for hydroxylation is 1. The number of rotatable bonds is 6. The summed E-state index contributed by atoms with van der Waals surface area (Å²) in [7, 11) is -2.53. The number of halogens is 1. The van der Waals surface area contributed by atoms with E-state index in [0.717, 1.165) is 18.2 Å². The Labute approximate surface area is 146 Å². The Morgan fingerprint density at radius 2 is 1.96 bits per heavy atom. The first kappa shape index (κ1) is 19.1. The number of nitrogens with zero attached hydrogens (tertiary/aromatic N) is 1. The van der Waals surface area contributed by atoms with Crippen LogP contribution in [-0.2, 0) is 16.6 Å². The van der Waals surface area contributed by atoms with Crippen LogP contribution in [0.5, 0.6) is 0 Å². The van der Waals surface area contributed by atoms with Gasteiger partial charge in [-0.25, -0.2) is 17.5 Å². The largest absolute Gasteiger partial charge is 0.464 e. The number of benzene rings is 1. The van der Waals surface area contributed by atoms with Gasteiger partial charge in [-0.1, -0.05) is 0 Å². The summed E-state index contributed by atoms with van der Waals surface area (Å²) in [4.78, 5) is 14.1. The Morgan fingerprint density at radius 3 is 2.48 bits per heavy atom. The molecule has 0 saturated heterocycles. The van der Waals surface area contributed by atoms with E-state index in [0.29, 0.717) is 11.5 Å². The van der Waals surface area contributed by atoms with Gasteiger partial charge in [0.2, 0.25) is 10.0 Å². The van der Waals surface area contributed by atoms with Crippen molar-refractivity contribution in [1.82, 2.24) is 9.62 Å². The Hall–Kier alpha value is -2.19. The summed E-state index contributed by atoms with van der Waals surface area (Å²) in [6.07, 6.45) is 0. The van der Waals surface area contributed by atoms with Gasteiger partial charge in [0.15, 0.2) is 0 Å². The van der Waals surface area contributed by atoms with Crippen LogP contribution in [0, 0.1) is 12.7 Å². The van der Waals surface area contributed by atoms with E-state index in [2.05, 4.69) is 4.72 Å². The molecule has 0 radical (unpaired) electrons. The molecule has 0 saturated carbocycles. The van der Waals surface area contributed by atoms with E-state index >= 15 is 0 Å². The maximum absolute atomic E-state index is 14.2. The number of furan rings is 1. The van der Waals surface area contributed by atoms with Crippen molar-refractivity contribution in [3.8, 4) is 0 Å². The molecule has 0 spiro atoms. The Bertz CT molecular complexity index is 875. The van der Waals surface area contributed by atoms with Crippen molar-refractivity contribution in [2.24, 2.45) is 0 Å². The summed E-state index contributed by atoms with van der Waals surface area (Å²) >= 11 is 0. The maximum atomic E-state index is 14.2. The lowest BCUT2D eigenvalue weighted by atomic mass is 10.1. The smallest absolute Gasteiger partial charge is 0.257 e. The second kappa shape index (κ2) is 7.37. The van der Waals surface area contributed by atoms with Crippen molar-refractivity contribution in [2.45, 2.75) is 38.3 Å². The molecule has 25 heavy (non-hydrogen) atoms. The molecule has 1 heterocycles. The summed E-state index contributed by atoms with van der Waals surface area (Å²) < 4.78 is 45.6. The van der Waals surface area contributed by atoms with Gasteiger partial charge in [0.1, 0.15) is 17.3 Å². The van der Waals surface area contributed by atoms with Crippen LogP contribution in [0.4, 0.5) is 4.39 Å². The minimum atomic E-state index is -3.78. The highest BCUT2D eigenvalue weighted by Gasteiger charge is 2.25. The van der Waals surface area contributed by atoms with Crippen molar-refractivity contribution >= 4 is 15.9 Å². The van der Waals surface area contributed by atoms with Crippen molar-refractivity contribution in [1.29, 1.82) is 0 Å². The van der Waals surface area contributed by atoms with Gasteiger partial charge >= 0.3 is 0 Å². The number of sulfonamides is 1. The van der Waals surface area contributed by atoms with Crippen molar-refractivity contribution in [2.75, 3.05) is 7.05 Å². The van der Waals surface area contributed by atoms with Crippen LogP contribution >= 0.6 is 0 Å². The molecule has 0 atom stereocenters. The summed E-state index contributed by atoms with van der Waals surface area (Å²) in [5, 5.41) is 0. The van der Waals surface area contributed by atoms with Crippen LogP contribution in [-0.4, -0.2) is 32.3 Å². The minimum absolute atomic E-state index is 0.160. The predicted molar refractivity (Wildman–Crippen MR) is 91.1 cm³/mol. The van der Waals surface area contributed by atoms with Crippen LogP contribution in [0.25, 0.3) is 0 Å². The maximum Gasteiger partial charge on any atom is 0.257 e. The Morgan fingerprint density at radius 1 is 1.28 bits per heavy atom. The highest BCUT2D eigenvalue weighted by atomic mass is 32.2. The lowest BCUT2D eigenvalue weighted by Crippen LogP contribution is -2.37. The van der Waals surface area contributed by atoms with Crippen molar-refractivity contribution in [3.63, 3.8) is 0 Å². The lowest BCUT2D eigenvalue weighted by molar-refractivity contribution is 0.0670. The summed E-state index contributed by atoms with van der Waals surface area (Å²) in [5.41, 5.74) is -0.298. The molecule has 0 aliphatic rings. The predicted octanol–water partition coefficient (Wildman–Crippen LogP) is 2.69. The van der Waals surface area contributed by atoms with Crippen LogP contribution < -0.4 is 4.72 Å². The molecular formula is C17H21FN2O4S. The summed E-state index contributed by atoms with van der Waals surface area (Å²) in [6, 6.07) is 6.43. The molecule has 0 aliphatic carbocycles. The van der Waals surface area contributed by atoms with Gasteiger partial charge in [-0.05, 0) is 58.2 Å². The quantitative estimate of drug-likeness (QED) is 0.850. The molecule has 8 heteroatoms. The Kier molecular flexibility index (Phi) is 5.64. The molecule has 1 amide bonds. The number of nitrogens with one attached hydrogen (secondary N) is 1. The highest BCUT2D eigenvalue weighted by Crippen LogP contribution is 2.20. The van der Waals surface area contributed by atoms with Crippen LogP contribution in [0.15, 0.2) is 39.6 Å². The molecule has 1 aromatic heterocycles. The molecule has 6 nitrogen and oxygen atoms in total. The summed E-state index contributed by atoms with van der Waals surface area (Å²) in [6.45, 7) is 5.53. The van der Waals surface area contributed by atoms with Crippen LogP contribution in [0.1, 0.15) is 35.7 Å². The molecule has 1 aromatic carbocycles. The summed E-state index contributed by atoms with van der Waals surface area (Å²) in [5.74, 6) is -0.102. The van der Waals surface area contributed by atoms with E-state index in [1.807, 2.05) is 0 Å². The first-order chi connectivity index (χ1) is 11.7. The van der Waals surface area contributed by atoms with E-state index in [1.165, 1.54) is 11.9 Å². The molecule has 0 bridgehead atoms. The average molecular weight is 368 g/mol. The van der Waals surface area contributed by atoms with Gasteiger partial charge in [-0.3, -0.25) is 4.79 Å². The van der Waals surface area contributed by atoms with Crippen molar-refractivity contribution < 1.29 is 22.0 Å². The molecule has 0 unspecified atom stereocenters. The van der Waals surface area contributed by atoms with Gasteiger partial charge in [0.05, 0.1) is 17.0 Å². The second-order valence-electron chi connectivity index (χ2n) is 5.89. The van der Waals surface area contributed by atoms with Gasteiger partial charge in [-0.15, -0.1) is 0 Å². The van der Waals surface area contributed by atoms with Crippen molar-refractivity contribution in [3.05, 3.63) is 53.2 Å². The molecular weight excluding hydrogens is 347 g/mol. The molecule has 2 rings (SSSR count). The zero-order valence-electron chi connectivity index (χ0n) is 14.5. The van der Waals surface area contributed by atoms with E-state index in [9.17, 15) is 17.6 Å². The monoisotopic (exact) mass is 368 g/mol. The Balaban J connectivity index is 2.40. The van der Waals surface area contributed by atoms with E-state index in [4.69, 9.17) is 4.42 Å². The topological polar surface area (TPSA) is 79.6 Å². The highest BCUT2D eigenvalue weighted by molar-refractivity contribution is 7.89. The van der Waals surface area contributed by atoms with Gasteiger partial charge in [0.25, 0.3) is 5.91 Å². The van der Waals surface area contributed by atoms with Gasteiger partial charge < -0.3 is 9.32 Å². The fourth-order valence-electron chi connectivity index (χ4n) is 2.33. The number of amides is 1. The van der Waals surface area contributed by atoms with Gasteiger partial charge in [-0.2, -0.15) is 0 Å². The third kappa shape index (κ3) is 4.26. The van der Waals surface area contributed by atoms with E-state index in [1.54, 1.807) is 32.9 Å². The fraction of sp³-hybridized carbons (Fsp3) is 0.353. The average Bonchev–Trinajstić information content (AvgIpc) is 2.97. The number of hydrogen-bond donors (Lipinski definition) is 1. The fourth-order valence-corrected chi connectivity index (χ4v) is 3.09. The SMILES string of the molecule is CNS(=O)(=O)c1ccc(F)c(C(=O)N(Cc2ccc(C)o2)C(C)C)c1. The van der Waals surface area contributed by atoms with E-state index < -0.39 is 21.7 Å². The van der Waals surface area contributed by atoms with Crippen LogP contribution in [0.3, 0.4) is 0 Å². The zero-order chi connectivity index (χ0) is 18.8. The first-order valence-electron chi connectivity index (χ1n) is 7.75. The minimum Gasteiger partial charge on any atom is -0.464 e. The molecule has 0 aliphatic heterocycles. The number of carbonyl (C=O) groups excluding carboxylic acids is 1. The van der Waals surface area contributed by atoms with E-state index in [-0.39, 0.29) is 23.0 Å². The molecule has 1 N–H and O–H groups in total. The second-order valence-corrected chi connectivity index (χ2v) is 7.77. The number of hydrogen-bond acceptors (Lipinski definition) is 4. The normalized spacial score (nSPS) is 11.8. The molecule has 136 valence electrons. The molecule has 0 fully saturated rings. The van der Waals surface area contributed by atoms with Crippen LogP contribution in [0.2, 0.25) is 0 Å². The third-order valence-corrected chi connectivity index (χ3v) is 5.17. The lowest BCUT2D eigenvalue weighted by Gasteiger charge is -2.26. The standard InChI is InChI=1S/C17H21FN2O4S/c1-11(2)20(10-13-6-5-12(3)24-13)17(21)15-9-14(7-8-16(15)18)25(22,23)19-4/h5-9,11,19H,10H2,1-4H3. The number of carbonyl (C=O) groups is 1. The molecule has 2 aromatic rings. The first-order valence-corrected chi connectivity index (χ1v) is 9.23. The van der Waals surface area contributed by atoms with Gasteiger partial charge in [0, 0.05) is 6.04 Å².